The number of hydrogen-bond acceptors (Lipinski definition) is 5. The Kier molecular flexibility index (Phi) is 5.51. The highest BCUT2D eigenvalue weighted by molar-refractivity contribution is 7.89. The van der Waals surface area contributed by atoms with Gasteiger partial charge < -0.3 is 15.4 Å². The predicted octanol–water partition coefficient (Wildman–Crippen LogP) is 2.83. The molecule has 4 fully saturated rings. The fourth-order valence-electron chi connectivity index (χ4n) is 6.11. The van der Waals surface area contributed by atoms with E-state index in [-0.39, 0.29) is 22.1 Å². The van der Waals surface area contributed by atoms with Gasteiger partial charge in [-0.15, -0.1) is 0 Å². The molecule has 30 heavy (non-hydrogen) atoms. The number of nitrogens with one attached hydrogen (secondary N) is 2. The molecular formula is C22H33N3O4S. The first-order valence-electron chi connectivity index (χ1n) is 10.8. The van der Waals surface area contributed by atoms with Crippen LogP contribution in [0.5, 0.6) is 5.75 Å². The van der Waals surface area contributed by atoms with Crippen LogP contribution in [0.1, 0.15) is 45.4 Å². The molecule has 4 bridgehead atoms. The maximum atomic E-state index is 13.0. The van der Waals surface area contributed by atoms with Crippen LogP contribution in [0, 0.1) is 17.8 Å². The lowest BCUT2D eigenvalue weighted by molar-refractivity contribution is -0.127. The fourth-order valence-corrected chi connectivity index (χ4v) is 7.19. The molecular weight excluding hydrogens is 402 g/mol. The van der Waals surface area contributed by atoms with Gasteiger partial charge in [-0.1, -0.05) is 0 Å². The number of methoxy groups -OCH3 is 1. The normalized spacial score (nSPS) is 30.9. The third-order valence-corrected chi connectivity index (χ3v) is 8.96. The second-order valence-corrected chi connectivity index (χ2v) is 11.8. The number of sulfonamides is 1. The van der Waals surface area contributed by atoms with E-state index in [0.29, 0.717) is 5.69 Å². The average molecular weight is 436 g/mol. The maximum Gasteiger partial charge on any atom is 0.246 e. The van der Waals surface area contributed by atoms with E-state index < -0.39 is 16.1 Å². The molecule has 4 aliphatic carbocycles. The van der Waals surface area contributed by atoms with E-state index in [0.717, 1.165) is 41.3 Å². The molecule has 7 nitrogen and oxygen atoms in total. The number of amides is 1. The van der Waals surface area contributed by atoms with Gasteiger partial charge in [-0.05, 0) is 81.4 Å². The average Bonchev–Trinajstić information content (AvgIpc) is 2.66. The zero-order chi connectivity index (χ0) is 21.7. The molecule has 0 aromatic heterocycles. The van der Waals surface area contributed by atoms with Crippen LogP contribution in [0.25, 0.3) is 0 Å². The first-order valence-corrected chi connectivity index (χ1v) is 12.2. The highest BCUT2D eigenvalue weighted by atomic mass is 32.2. The van der Waals surface area contributed by atoms with Crippen LogP contribution in [0.4, 0.5) is 5.69 Å². The van der Waals surface area contributed by atoms with Crippen molar-refractivity contribution in [1.82, 2.24) is 9.62 Å². The van der Waals surface area contributed by atoms with E-state index in [2.05, 4.69) is 10.6 Å². The van der Waals surface area contributed by atoms with Crippen molar-refractivity contribution < 1.29 is 17.9 Å². The summed E-state index contributed by atoms with van der Waals surface area (Å²) in [6, 6.07) is 4.41. The molecule has 4 aliphatic rings. The first kappa shape index (κ1) is 21.4. The minimum atomic E-state index is -3.67. The van der Waals surface area contributed by atoms with Crippen molar-refractivity contribution in [1.29, 1.82) is 0 Å². The molecule has 5 rings (SSSR count). The molecule has 1 amide bonds. The summed E-state index contributed by atoms with van der Waals surface area (Å²) in [5, 5.41) is 6.55. The molecule has 0 heterocycles. The molecule has 8 heteroatoms. The number of nitrogens with zero attached hydrogens (tertiary/aromatic N) is 1. The fraction of sp³-hybridized carbons (Fsp3) is 0.682. The van der Waals surface area contributed by atoms with Crippen LogP contribution in [-0.4, -0.2) is 51.4 Å². The van der Waals surface area contributed by atoms with Crippen LogP contribution in [0.15, 0.2) is 23.1 Å². The molecule has 0 radical (unpaired) electrons. The molecule has 1 atom stereocenters. The van der Waals surface area contributed by atoms with Crippen molar-refractivity contribution in [3.63, 3.8) is 0 Å². The van der Waals surface area contributed by atoms with Crippen LogP contribution < -0.4 is 15.4 Å². The summed E-state index contributed by atoms with van der Waals surface area (Å²) in [6.07, 6.45) is 7.30. The van der Waals surface area contributed by atoms with E-state index in [9.17, 15) is 13.2 Å². The lowest BCUT2D eigenvalue weighted by Gasteiger charge is -2.57. The molecule has 0 aliphatic heterocycles. The number of carbonyl (C=O) groups excluding carboxylic acids is 1. The maximum absolute atomic E-state index is 13.0. The standard InChI is InChI=1S/C22H33N3O4S/c1-14(21(26)24-22-11-15-7-16(12-22)9-17(8-15)13-22)23-18-5-6-19(29-4)20(10-18)30(27,28)25(2)3/h5-6,10,14-17,23H,7-9,11-13H2,1-4H3,(H,24,26)/t14-,15?,16?,17?,22?/m0/s1. The topological polar surface area (TPSA) is 87.7 Å². The van der Waals surface area contributed by atoms with Crippen molar-refractivity contribution in [2.75, 3.05) is 26.5 Å². The van der Waals surface area contributed by atoms with Crippen molar-refractivity contribution in [2.45, 2.75) is 61.9 Å². The van der Waals surface area contributed by atoms with E-state index in [1.165, 1.54) is 46.5 Å². The zero-order valence-electron chi connectivity index (χ0n) is 18.3. The second kappa shape index (κ2) is 7.71. The van der Waals surface area contributed by atoms with Gasteiger partial charge in [0.05, 0.1) is 7.11 Å². The van der Waals surface area contributed by atoms with Gasteiger partial charge in [0.25, 0.3) is 0 Å². The van der Waals surface area contributed by atoms with Gasteiger partial charge >= 0.3 is 0 Å². The van der Waals surface area contributed by atoms with E-state index in [1.54, 1.807) is 12.1 Å². The third-order valence-electron chi connectivity index (χ3n) is 7.13. The van der Waals surface area contributed by atoms with Gasteiger partial charge in [0.2, 0.25) is 15.9 Å². The summed E-state index contributed by atoms with van der Waals surface area (Å²) in [7, 11) is 0.742. The van der Waals surface area contributed by atoms with Gasteiger partial charge in [0, 0.05) is 25.3 Å². The van der Waals surface area contributed by atoms with Crippen LogP contribution in [0.2, 0.25) is 0 Å². The van der Waals surface area contributed by atoms with Crippen LogP contribution in [-0.2, 0) is 14.8 Å². The van der Waals surface area contributed by atoms with Crippen molar-refractivity contribution in [3.8, 4) is 5.75 Å². The van der Waals surface area contributed by atoms with Gasteiger partial charge in [-0.2, -0.15) is 0 Å². The number of carbonyl (C=O) groups is 1. The van der Waals surface area contributed by atoms with E-state index in [1.807, 2.05) is 6.92 Å². The molecule has 1 aromatic carbocycles. The summed E-state index contributed by atoms with van der Waals surface area (Å²) in [6.45, 7) is 1.82. The third kappa shape index (κ3) is 3.91. The highest BCUT2D eigenvalue weighted by Crippen LogP contribution is 2.55. The van der Waals surface area contributed by atoms with Gasteiger partial charge in [0.15, 0.2) is 0 Å². The number of hydrogen-bond donors (Lipinski definition) is 2. The van der Waals surface area contributed by atoms with E-state index >= 15 is 0 Å². The quantitative estimate of drug-likeness (QED) is 0.688. The Balaban J connectivity index is 1.47. The van der Waals surface area contributed by atoms with Gasteiger partial charge in [-0.25, -0.2) is 12.7 Å². The molecule has 1 aromatic rings. The number of ether oxygens (including phenoxy) is 1. The number of benzene rings is 1. The highest BCUT2D eigenvalue weighted by Gasteiger charge is 2.51. The van der Waals surface area contributed by atoms with E-state index in [4.69, 9.17) is 4.74 Å². The Morgan fingerprint density at radius 1 is 1.13 bits per heavy atom. The Morgan fingerprint density at radius 3 is 2.20 bits per heavy atom. The molecule has 2 N–H and O–H groups in total. The summed E-state index contributed by atoms with van der Waals surface area (Å²) in [5.74, 6) is 2.55. The SMILES string of the molecule is COc1ccc(N[C@@H](C)C(=O)NC23CC4CC(CC(C4)C2)C3)cc1S(=O)(=O)N(C)C. The van der Waals surface area contributed by atoms with Crippen molar-refractivity contribution in [3.05, 3.63) is 18.2 Å². The Hall–Kier alpha value is -1.80. The smallest absolute Gasteiger partial charge is 0.246 e. The van der Waals surface area contributed by atoms with Gasteiger partial charge in [0.1, 0.15) is 16.7 Å². The monoisotopic (exact) mass is 435 g/mol. The minimum Gasteiger partial charge on any atom is -0.495 e. The Morgan fingerprint density at radius 2 is 1.70 bits per heavy atom. The van der Waals surface area contributed by atoms with Crippen LogP contribution >= 0.6 is 0 Å². The predicted molar refractivity (Wildman–Crippen MR) is 116 cm³/mol. The zero-order valence-corrected chi connectivity index (χ0v) is 19.1. The minimum absolute atomic E-state index is 0.0233. The van der Waals surface area contributed by atoms with Gasteiger partial charge in [-0.3, -0.25) is 4.79 Å². The molecule has 166 valence electrons. The molecule has 0 spiro atoms. The van der Waals surface area contributed by atoms with Crippen molar-refractivity contribution in [2.24, 2.45) is 17.8 Å². The molecule has 0 saturated heterocycles. The Bertz CT molecular complexity index is 893. The largest absolute Gasteiger partial charge is 0.495 e. The molecule has 4 saturated carbocycles. The summed E-state index contributed by atoms with van der Waals surface area (Å²) in [4.78, 5) is 13.1. The van der Waals surface area contributed by atoms with Crippen molar-refractivity contribution >= 4 is 21.6 Å². The first-order chi connectivity index (χ1) is 14.1. The lowest BCUT2D eigenvalue weighted by Crippen LogP contribution is -2.61. The number of anilines is 1. The Labute approximate surface area is 179 Å². The summed E-state index contributed by atoms with van der Waals surface area (Å²) < 4.78 is 31.7. The second-order valence-electron chi connectivity index (χ2n) is 9.71. The summed E-state index contributed by atoms with van der Waals surface area (Å²) in [5.41, 5.74) is 0.533. The molecule has 0 unspecified atom stereocenters. The summed E-state index contributed by atoms with van der Waals surface area (Å²) >= 11 is 0. The number of rotatable bonds is 7. The lowest BCUT2D eigenvalue weighted by atomic mass is 9.53. The van der Waals surface area contributed by atoms with Crippen LogP contribution in [0.3, 0.4) is 0 Å².